The summed E-state index contributed by atoms with van der Waals surface area (Å²) in [5, 5.41) is 5.03. The molecule has 1 aromatic rings. The lowest BCUT2D eigenvalue weighted by Gasteiger charge is -2.60. The third kappa shape index (κ3) is 2.76. The standard InChI is InChI=1S/C19H25ClN2S/c1-12-3-4-16(8-17(12)20)21-18(23)22(2)19-9-13-5-14(10-19)7-15(6-13)11-19/h3-4,8,13-15H,5-7,9-11H2,1-2H3,(H,21,23). The van der Waals surface area contributed by atoms with Crippen molar-refractivity contribution in [2.45, 2.75) is 51.0 Å². The number of aryl methyl sites for hydroxylation is 1. The van der Waals surface area contributed by atoms with Crippen LogP contribution in [0.2, 0.25) is 5.02 Å². The number of thiocarbonyl (C=S) groups is 1. The molecule has 4 saturated carbocycles. The van der Waals surface area contributed by atoms with Crippen molar-refractivity contribution < 1.29 is 0 Å². The first-order valence-corrected chi connectivity index (χ1v) is 9.55. The van der Waals surface area contributed by atoms with Gasteiger partial charge >= 0.3 is 0 Å². The number of rotatable bonds is 2. The van der Waals surface area contributed by atoms with E-state index in [1.165, 1.54) is 38.5 Å². The number of benzene rings is 1. The fourth-order valence-electron chi connectivity index (χ4n) is 5.57. The molecule has 4 aliphatic carbocycles. The molecule has 4 bridgehead atoms. The summed E-state index contributed by atoms with van der Waals surface area (Å²) in [6.07, 6.45) is 8.35. The van der Waals surface area contributed by atoms with Crippen LogP contribution in [-0.4, -0.2) is 22.6 Å². The number of hydrogen-bond donors (Lipinski definition) is 1. The minimum absolute atomic E-state index is 0.299. The summed E-state index contributed by atoms with van der Waals surface area (Å²) in [5.41, 5.74) is 2.38. The van der Waals surface area contributed by atoms with Crippen LogP contribution in [0.4, 0.5) is 5.69 Å². The van der Waals surface area contributed by atoms with E-state index >= 15 is 0 Å². The molecule has 1 N–H and O–H groups in total. The monoisotopic (exact) mass is 348 g/mol. The van der Waals surface area contributed by atoms with Crippen LogP contribution in [0.25, 0.3) is 0 Å². The number of anilines is 1. The topological polar surface area (TPSA) is 15.3 Å². The molecule has 0 aliphatic heterocycles. The van der Waals surface area contributed by atoms with Gasteiger partial charge in [-0.15, -0.1) is 0 Å². The predicted octanol–water partition coefficient (Wildman–Crippen LogP) is 5.25. The Morgan fingerprint density at radius 1 is 1.17 bits per heavy atom. The first-order valence-electron chi connectivity index (χ1n) is 8.76. The molecule has 0 aromatic heterocycles. The van der Waals surface area contributed by atoms with Gasteiger partial charge < -0.3 is 10.2 Å². The lowest BCUT2D eigenvalue weighted by Crippen LogP contribution is -2.60. The van der Waals surface area contributed by atoms with Gasteiger partial charge in [-0.05, 0) is 93.1 Å². The highest BCUT2D eigenvalue weighted by Crippen LogP contribution is 2.57. The Balaban J connectivity index is 1.51. The van der Waals surface area contributed by atoms with Gasteiger partial charge in [0.05, 0.1) is 0 Å². The van der Waals surface area contributed by atoms with Gasteiger partial charge in [-0.25, -0.2) is 0 Å². The molecule has 5 rings (SSSR count). The van der Waals surface area contributed by atoms with Gasteiger partial charge in [0.2, 0.25) is 0 Å². The van der Waals surface area contributed by atoms with Crippen molar-refractivity contribution in [3.63, 3.8) is 0 Å². The zero-order valence-corrected chi connectivity index (χ0v) is 15.5. The summed E-state index contributed by atoms with van der Waals surface area (Å²) in [5.74, 6) is 2.79. The van der Waals surface area contributed by atoms with Crippen LogP contribution in [0.3, 0.4) is 0 Å². The van der Waals surface area contributed by atoms with Gasteiger partial charge in [0, 0.05) is 23.3 Å². The van der Waals surface area contributed by atoms with Crippen LogP contribution in [0.1, 0.15) is 44.1 Å². The van der Waals surface area contributed by atoms with Crippen molar-refractivity contribution in [3.05, 3.63) is 28.8 Å². The van der Waals surface area contributed by atoms with Crippen molar-refractivity contribution in [2.75, 3.05) is 12.4 Å². The molecule has 4 aliphatic rings. The predicted molar refractivity (Wildman–Crippen MR) is 101 cm³/mol. The second-order valence-corrected chi connectivity index (χ2v) is 8.89. The molecule has 0 spiro atoms. The molecule has 0 atom stereocenters. The van der Waals surface area contributed by atoms with Crippen LogP contribution in [0, 0.1) is 24.7 Å². The highest BCUT2D eigenvalue weighted by atomic mass is 35.5. The Kier molecular flexibility index (Phi) is 3.85. The molecule has 2 nitrogen and oxygen atoms in total. The Morgan fingerprint density at radius 2 is 1.74 bits per heavy atom. The van der Waals surface area contributed by atoms with E-state index < -0.39 is 0 Å². The Bertz CT molecular complexity index is 607. The largest absolute Gasteiger partial charge is 0.346 e. The summed E-state index contributed by atoms with van der Waals surface area (Å²) >= 11 is 12.0. The maximum Gasteiger partial charge on any atom is 0.173 e. The van der Waals surface area contributed by atoms with Crippen molar-refractivity contribution >= 4 is 34.6 Å². The number of halogens is 1. The van der Waals surface area contributed by atoms with Gasteiger partial charge in [-0.3, -0.25) is 0 Å². The normalized spacial score (nSPS) is 34.5. The maximum absolute atomic E-state index is 6.24. The molecule has 0 radical (unpaired) electrons. The highest BCUT2D eigenvalue weighted by molar-refractivity contribution is 7.80. The minimum Gasteiger partial charge on any atom is -0.346 e. The van der Waals surface area contributed by atoms with Crippen molar-refractivity contribution in [2.24, 2.45) is 17.8 Å². The molecule has 124 valence electrons. The van der Waals surface area contributed by atoms with Crippen molar-refractivity contribution in [3.8, 4) is 0 Å². The molecule has 4 fully saturated rings. The van der Waals surface area contributed by atoms with E-state index in [2.05, 4.69) is 23.3 Å². The molecule has 0 amide bonds. The third-order valence-electron chi connectivity index (χ3n) is 6.45. The lowest BCUT2D eigenvalue weighted by molar-refractivity contribution is -0.0538. The Hall–Kier alpha value is -0.800. The average Bonchev–Trinajstić information content (AvgIpc) is 2.49. The molecular formula is C19H25ClN2S. The second-order valence-electron chi connectivity index (χ2n) is 8.10. The Morgan fingerprint density at radius 3 is 2.26 bits per heavy atom. The zero-order chi connectivity index (χ0) is 16.2. The first kappa shape index (κ1) is 15.7. The first-order chi connectivity index (χ1) is 10.9. The van der Waals surface area contributed by atoms with Crippen LogP contribution in [-0.2, 0) is 0 Å². The second kappa shape index (κ2) is 5.63. The zero-order valence-electron chi connectivity index (χ0n) is 13.9. The molecule has 1 aromatic carbocycles. The van der Waals surface area contributed by atoms with Gasteiger partial charge in [0.1, 0.15) is 0 Å². The van der Waals surface area contributed by atoms with Gasteiger partial charge in [-0.1, -0.05) is 17.7 Å². The molecule has 23 heavy (non-hydrogen) atoms. The van der Waals surface area contributed by atoms with Gasteiger partial charge in [-0.2, -0.15) is 0 Å². The third-order valence-corrected chi connectivity index (χ3v) is 7.23. The summed E-state index contributed by atoms with van der Waals surface area (Å²) in [6, 6.07) is 6.07. The summed E-state index contributed by atoms with van der Waals surface area (Å²) < 4.78 is 0. The van der Waals surface area contributed by atoms with E-state index in [4.69, 9.17) is 23.8 Å². The average molecular weight is 349 g/mol. The van der Waals surface area contributed by atoms with E-state index in [0.717, 1.165) is 39.1 Å². The quantitative estimate of drug-likeness (QED) is 0.735. The van der Waals surface area contributed by atoms with E-state index in [0.29, 0.717) is 5.54 Å². The van der Waals surface area contributed by atoms with E-state index in [1.807, 2.05) is 19.1 Å². The number of hydrogen-bond acceptors (Lipinski definition) is 1. The SMILES string of the molecule is Cc1ccc(NC(=S)N(C)C23CC4CC(CC(C4)C2)C3)cc1Cl. The maximum atomic E-state index is 6.24. The highest BCUT2D eigenvalue weighted by Gasteiger charge is 2.53. The van der Waals surface area contributed by atoms with Crippen molar-refractivity contribution in [1.82, 2.24) is 4.90 Å². The fourth-order valence-corrected chi connectivity index (χ4v) is 6.06. The van der Waals surface area contributed by atoms with E-state index in [1.54, 1.807) is 0 Å². The summed E-state index contributed by atoms with van der Waals surface area (Å²) in [4.78, 5) is 2.38. The number of nitrogens with one attached hydrogen (secondary N) is 1. The molecule has 4 heteroatoms. The number of nitrogens with zero attached hydrogens (tertiary/aromatic N) is 1. The fraction of sp³-hybridized carbons (Fsp3) is 0.632. The smallest absolute Gasteiger partial charge is 0.173 e. The van der Waals surface area contributed by atoms with Gasteiger partial charge in [0.25, 0.3) is 0 Å². The lowest BCUT2D eigenvalue weighted by atomic mass is 9.52. The van der Waals surface area contributed by atoms with E-state index in [-0.39, 0.29) is 0 Å². The summed E-state index contributed by atoms with van der Waals surface area (Å²) in [6.45, 7) is 2.02. The minimum atomic E-state index is 0.299. The molecule has 0 unspecified atom stereocenters. The molecular weight excluding hydrogens is 324 g/mol. The van der Waals surface area contributed by atoms with Crippen LogP contribution < -0.4 is 5.32 Å². The van der Waals surface area contributed by atoms with Crippen LogP contribution in [0.5, 0.6) is 0 Å². The van der Waals surface area contributed by atoms with Crippen LogP contribution >= 0.6 is 23.8 Å². The molecule has 0 heterocycles. The summed E-state index contributed by atoms with van der Waals surface area (Å²) in [7, 11) is 2.19. The van der Waals surface area contributed by atoms with Crippen molar-refractivity contribution in [1.29, 1.82) is 0 Å². The van der Waals surface area contributed by atoms with Gasteiger partial charge in [0.15, 0.2) is 5.11 Å². The van der Waals surface area contributed by atoms with E-state index in [9.17, 15) is 0 Å². The van der Waals surface area contributed by atoms with Crippen LogP contribution in [0.15, 0.2) is 18.2 Å². The molecule has 0 saturated heterocycles. The Labute approximate surface area is 149 Å².